The summed E-state index contributed by atoms with van der Waals surface area (Å²) in [5.74, 6) is 1.70. The van der Waals surface area contributed by atoms with Crippen LogP contribution in [-0.2, 0) is 0 Å². The summed E-state index contributed by atoms with van der Waals surface area (Å²) in [4.78, 5) is 4.59. The number of hydrogen-bond acceptors (Lipinski definition) is 6. The summed E-state index contributed by atoms with van der Waals surface area (Å²) in [7, 11) is 1.64. The molecule has 1 aromatic heterocycles. The van der Waals surface area contributed by atoms with Gasteiger partial charge >= 0.3 is 0 Å². The minimum Gasteiger partial charge on any atom is -0.497 e. The van der Waals surface area contributed by atoms with E-state index in [-0.39, 0.29) is 11.9 Å². The Bertz CT molecular complexity index is 903. The lowest BCUT2D eigenvalue weighted by atomic mass is 10.2. The minimum atomic E-state index is -0.208. The van der Waals surface area contributed by atoms with Crippen LogP contribution < -0.4 is 9.64 Å². The average Bonchev–Trinajstić information content (AvgIpc) is 3.24. The van der Waals surface area contributed by atoms with Crippen molar-refractivity contribution in [2.45, 2.75) is 13.0 Å². The Morgan fingerprint density at radius 1 is 0.964 bits per heavy atom. The molecule has 3 aromatic rings. The highest BCUT2D eigenvalue weighted by Crippen LogP contribution is 2.27. The first-order chi connectivity index (χ1) is 13.6. The number of aromatic nitrogens is 2. The highest BCUT2D eigenvalue weighted by Gasteiger charge is 2.26. The molecule has 1 atom stereocenters. The molecule has 4 rings (SSSR count). The molecule has 0 unspecified atom stereocenters. The summed E-state index contributed by atoms with van der Waals surface area (Å²) in [6.07, 6.45) is 0. The van der Waals surface area contributed by atoms with Crippen LogP contribution in [0.3, 0.4) is 0 Å². The van der Waals surface area contributed by atoms with Gasteiger partial charge in [-0.1, -0.05) is 0 Å². The van der Waals surface area contributed by atoms with Crippen LogP contribution in [-0.4, -0.2) is 48.4 Å². The maximum atomic E-state index is 13.1. The lowest BCUT2D eigenvalue weighted by molar-refractivity contribution is 0.174. The zero-order valence-corrected chi connectivity index (χ0v) is 16.0. The molecule has 0 saturated carbocycles. The van der Waals surface area contributed by atoms with Crippen LogP contribution in [0.1, 0.15) is 18.9 Å². The second-order valence-corrected chi connectivity index (χ2v) is 6.85. The molecule has 1 fully saturated rings. The van der Waals surface area contributed by atoms with Crippen LogP contribution in [0.4, 0.5) is 10.1 Å². The van der Waals surface area contributed by atoms with Crippen molar-refractivity contribution in [3.8, 4) is 17.2 Å². The van der Waals surface area contributed by atoms with Crippen LogP contribution in [0, 0.1) is 5.82 Å². The van der Waals surface area contributed by atoms with Crippen LogP contribution in [0.25, 0.3) is 11.5 Å². The van der Waals surface area contributed by atoms with Gasteiger partial charge in [-0.05, 0) is 55.5 Å². The van der Waals surface area contributed by atoms with Crippen LogP contribution in [0.2, 0.25) is 0 Å². The fourth-order valence-electron chi connectivity index (χ4n) is 3.43. The summed E-state index contributed by atoms with van der Waals surface area (Å²) in [6.45, 7) is 5.57. The molecule has 0 aliphatic carbocycles. The largest absolute Gasteiger partial charge is 0.497 e. The van der Waals surface area contributed by atoms with Crippen LogP contribution >= 0.6 is 0 Å². The Labute approximate surface area is 163 Å². The van der Waals surface area contributed by atoms with E-state index in [2.05, 4.69) is 26.9 Å². The third-order valence-electron chi connectivity index (χ3n) is 5.19. The second-order valence-electron chi connectivity index (χ2n) is 6.85. The van der Waals surface area contributed by atoms with Crippen LogP contribution in [0.5, 0.6) is 5.75 Å². The molecule has 0 amide bonds. The maximum absolute atomic E-state index is 13.1. The van der Waals surface area contributed by atoms with Crippen molar-refractivity contribution >= 4 is 5.69 Å². The first-order valence-corrected chi connectivity index (χ1v) is 9.36. The highest BCUT2D eigenvalue weighted by atomic mass is 19.1. The van der Waals surface area contributed by atoms with E-state index in [1.165, 1.54) is 12.1 Å². The Kier molecular flexibility index (Phi) is 5.25. The van der Waals surface area contributed by atoms with Gasteiger partial charge in [0.15, 0.2) is 0 Å². The Hall–Kier alpha value is -2.93. The predicted molar refractivity (Wildman–Crippen MR) is 105 cm³/mol. The van der Waals surface area contributed by atoms with E-state index in [0.717, 1.165) is 43.2 Å². The minimum absolute atomic E-state index is 0.0369. The van der Waals surface area contributed by atoms with Crippen molar-refractivity contribution in [2.24, 2.45) is 0 Å². The normalized spacial score (nSPS) is 16.2. The smallest absolute Gasteiger partial charge is 0.247 e. The van der Waals surface area contributed by atoms with E-state index in [1.54, 1.807) is 7.11 Å². The third-order valence-corrected chi connectivity index (χ3v) is 5.19. The monoisotopic (exact) mass is 382 g/mol. The van der Waals surface area contributed by atoms with Gasteiger partial charge in [0.1, 0.15) is 11.6 Å². The van der Waals surface area contributed by atoms with E-state index in [1.807, 2.05) is 36.4 Å². The summed E-state index contributed by atoms with van der Waals surface area (Å²) in [6, 6.07) is 14.3. The van der Waals surface area contributed by atoms with Gasteiger partial charge in [-0.2, -0.15) is 0 Å². The molecule has 146 valence electrons. The molecular weight excluding hydrogens is 359 g/mol. The number of nitrogens with zero attached hydrogens (tertiary/aromatic N) is 4. The van der Waals surface area contributed by atoms with Gasteiger partial charge in [-0.3, -0.25) is 4.90 Å². The summed E-state index contributed by atoms with van der Waals surface area (Å²) in [5, 5.41) is 8.45. The zero-order valence-electron chi connectivity index (χ0n) is 16.0. The number of piperazine rings is 1. The van der Waals surface area contributed by atoms with Crippen molar-refractivity contribution in [2.75, 3.05) is 38.2 Å². The summed E-state index contributed by atoms with van der Waals surface area (Å²) < 4.78 is 24.2. The van der Waals surface area contributed by atoms with Crippen LogP contribution in [0.15, 0.2) is 52.9 Å². The van der Waals surface area contributed by atoms with Gasteiger partial charge in [0.2, 0.25) is 11.8 Å². The van der Waals surface area contributed by atoms with Gasteiger partial charge in [0.25, 0.3) is 0 Å². The highest BCUT2D eigenvalue weighted by molar-refractivity contribution is 5.54. The lowest BCUT2D eigenvalue weighted by Crippen LogP contribution is -2.47. The van der Waals surface area contributed by atoms with E-state index in [9.17, 15) is 4.39 Å². The molecule has 1 aliphatic heterocycles. The number of benzene rings is 2. The van der Waals surface area contributed by atoms with Crippen molar-refractivity contribution in [1.82, 2.24) is 15.1 Å². The number of halogens is 1. The van der Waals surface area contributed by atoms with Gasteiger partial charge in [0.05, 0.1) is 13.2 Å². The Morgan fingerprint density at radius 3 is 2.29 bits per heavy atom. The molecule has 7 heteroatoms. The lowest BCUT2D eigenvalue weighted by Gasteiger charge is -2.38. The van der Waals surface area contributed by atoms with E-state index >= 15 is 0 Å². The fourth-order valence-corrected chi connectivity index (χ4v) is 3.43. The topological polar surface area (TPSA) is 54.6 Å². The number of ether oxygens (including phenoxy) is 1. The van der Waals surface area contributed by atoms with E-state index in [4.69, 9.17) is 9.15 Å². The number of anilines is 1. The van der Waals surface area contributed by atoms with Gasteiger partial charge < -0.3 is 14.1 Å². The molecule has 1 saturated heterocycles. The van der Waals surface area contributed by atoms with Gasteiger partial charge in [-0.15, -0.1) is 10.2 Å². The molecule has 2 aromatic carbocycles. The summed E-state index contributed by atoms with van der Waals surface area (Å²) >= 11 is 0. The molecule has 6 nitrogen and oxygen atoms in total. The van der Waals surface area contributed by atoms with Gasteiger partial charge in [0, 0.05) is 37.4 Å². The average molecular weight is 382 g/mol. The molecule has 0 spiro atoms. The van der Waals surface area contributed by atoms with Crippen molar-refractivity contribution in [1.29, 1.82) is 0 Å². The molecule has 28 heavy (non-hydrogen) atoms. The molecule has 0 radical (unpaired) electrons. The summed E-state index contributed by atoms with van der Waals surface area (Å²) in [5.41, 5.74) is 1.92. The number of hydrogen-bond donors (Lipinski definition) is 0. The first kappa shape index (κ1) is 18.4. The molecule has 0 bridgehead atoms. The standard InChI is InChI=1S/C21H23FN4O2/c1-15(20-23-24-21(28-20)16-3-9-19(27-2)10-4-16)25-11-13-26(14-12-25)18-7-5-17(22)6-8-18/h3-10,15H,11-14H2,1-2H3/t15-/m0/s1. The third kappa shape index (κ3) is 3.84. The fraction of sp³-hybridized carbons (Fsp3) is 0.333. The predicted octanol–water partition coefficient (Wildman–Crippen LogP) is 3.77. The molecule has 1 aliphatic rings. The Balaban J connectivity index is 1.39. The van der Waals surface area contributed by atoms with Crippen molar-refractivity contribution < 1.29 is 13.5 Å². The van der Waals surface area contributed by atoms with Crippen molar-refractivity contribution in [3.63, 3.8) is 0 Å². The SMILES string of the molecule is COc1ccc(-c2nnc([C@H](C)N3CCN(c4ccc(F)cc4)CC3)o2)cc1. The maximum Gasteiger partial charge on any atom is 0.247 e. The van der Waals surface area contributed by atoms with E-state index in [0.29, 0.717) is 11.8 Å². The zero-order chi connectivity index (χ0) is 19.5. The first-order valence-electron chi connectivity index (χ1n) is 9.36. The van der Waals surface area contributed by atoms with E-state index < -0.39 is 0 Å². The molecular formula is C21H23FN4O2. The number of rotatable bonds is 5. The molecule has 2 heterocycles. The second kappa shape index (κ2) is 7.98. The van der Waals surface area contributed by atoms with Gasteiger partial charge in [-0.25, -0.2) is 4.39 Å². The number of methoxy groups -OCH3 is 1. The quantitative estimate of drug-likeness (QED) is 0.670. The molecule has 0 N–H and O–H groups in total. The Morgan fingerprint density at radius 2 is 1.64 bits per heavy atom. The van der Waals surface area contributed by atoms with Crippen molar-refractivity contribution in [3.05, 3.63) is 60.2 Å².